The summed E-state index contributed by atoms with van der Waals surface area (Å²) in [6.45, 7) is 3.53. The Hall–Kier alpha value is -2.20. The molecule has 10 heteroatoms. The molecule has 0 amide bonds. The second-order valence-electron chi connectivity index (χ2n) is 7.26. The molecule has 2 unspecified atom stereocenters. The molecule has 4 N–H and O–H groups in total. The molecule has 2 atom stereocenters. The summed E-state index contributed by atoms with van der Waals surface area (Å²) in [5, 5.41) is 36.6. The van der Waals surface area contributed by atoms with E-state index in [1.165, 1.54) is 0 Å². The highest BCUT2D eigenvalue weighted by atomic mass is 16.4. The largest absolute Gasteiger partial charge is 0.481 e. The molecule has 1 aliphatic rings. The van der Waals surface area contributed by atoms with E-state index in [1.807, 2.05) is 0 Å². The van der Waals surface area contributed by atoms with E-state index in [-0.39, 0.29) is 45.1 Å². The quantitative estimate of drug-likeness (QED) is 0.424. The molecule has 0 aromatic carbocycles. The minimum atomic E-state index is -1.15. The highest BCUT2D eigenvalue weighted by Crippen LogP contribution is 2.37. The van der Waals surface area contributed by atoms with Gasteiger partial charge in [0, 0.05) is 38.5 Å². The van der Waals surface area contributed by atoms with Crippen LogP contribution in [0.4, 0.5) is 0 Å². The maximum atomic E-state index is 11.2. The van der Waals surface area contributed by atoms with Gasteiger partial charge in [-0.15, -0.1) is 0 Å². The monoisotopic (exact) mass is 374 g/mol. The molecule has 1 rings (SSSR count). The van der Waals surface area contributed by atoms with E-state index < -0.39 is 35.2 Å². The fourth-order valence-electron chi connectivity index (χ4n) is 3.68. The Morgan fingerprint density at radius 3 is 1.85 bits per heavy atom. The van der Waals surface area contributed by atoms with Crippen molar-refractivity contribution < 1.29 is 39.6 Å². The van der Waals surface area contributed by atoms with Crippen LogP contribution in [0.5, 0.6) is 0 Å². The first-order valence-electron chi connectivity index (χ1n) is 8.26. The molecule has 0 aromatic heterocycles. The van der Waals surface area contributed by atoms with Gasteiger partial charge >= 0.3 is 23.9 Å². The summed E-state index contributed by atoms with van der Waals surface area (Å²) in [7, 11) is 0. The zero-order valence-electron chi connectivity index (χ0n) is 14.9. The van der Waals surface area contributed by atoms with Crippen molar-refractivity contribution in [2.24, 2.45) is 11.3 Å². The number of carboxylic acid groups (broad SMARTS) is 4. The fourth-order valence-corrected chi connectivity index (χ4v) is 3.68. The SMILES string of the molecule is CC1CN(CC(=O)O)CC(C)(C(CC(=O)O)CC(=O)O)CN1CC(=O)O. The maximum absolute atomic E-state index is 11.2. The van der Waals surface area contributed by atoms with Crippen LogP contribution in [0.15, 0.2) is 0 Å². The predicted molar refractivity (Wildman–Crippen MR) is 88.8 cm³/mol. The van der Waals surface area contributed by atoms with E-state index in [4.69, 9.17) is 10.2 Å². The van der Waals surface area contributed by atoms with Crippen LogP contribution in [-0.4, -0.2) is 92.9 Å². The summed E-state index contributed by atoms with van der Waals surface area (Å²) in [4.78, 5) is 48.1. The molecule has 1 fully saturated rings. The topological polar surface area (TPSA) is 156 Å². The number of carbonyl (C=O) groups is 4. The molecule has 1 aliphatic heterocycles. The van der Waals surface area contributed by atoms with Crippen molar-refractivity contribution in [3.05, 3.63) is 0 Å². The third-order valence-electron chi connectivity index (χ3n) is 4.82. The third kappa shape index (κ3) is 6.60. The molecule has 10 nitrogen and oxygen atoms in total. The van der Waals surface area contributed by atoms with Crippen LogP contribution in [0.2, 0.25) is 0 Å². The molecule has 26 heavy (non-hydrogen) atoms. The van der Waals surface area contributed by atoms with Gasteiger partial charge in [0.25, 0.3) is 0 Å². The lowest BCUT2D eigenvalue weighted by atomic mass is 9.72. The Morgan fingerprint density at radius 2 is 1.42 bits per heavy atom. The normalized spacial score (nSPS) is 25.0. The van der Waals surface area contributed by atoms with Crippen LogP contribution in [0.25, 0.3) is 0 Å². The number of hydrogen-bond donors (Lipinski definition) is 4. The van der Waals surface area contributed by atoms with Crippen LogP contribution in [0.3, 0.4) is 0 Å². The summed E-state index contributed by atoms with van der Waals surface area (Å²) >= 11 is 0. The first-order valence-corrected chi connectivity index (χ1v) is 8.26. The van der Waals surface area contributed by atoms with E-state index in [9.17, 15) is 29.4 Å². The summed E-state index contributed by atoms with van der Waals surface area (Å²) in [5.41, 5.74) is -0.896. The smallest absolute Gasteiger partial charge is 0.317 e. The van der Waals surface area contributed by atoms with Gasteiger partial charge in [-0.3, -0.25) is 29.0 Å². The first-order chi connectivity index (χ1) is 11.9. The third-order valence-corrected chi connectivity index (χ3v) is 4.82. The molecule has 0 spiro atoms. The lowest BCUT2D eigenvalue weighted by Gasteiger charge is -2.40. The average molecular weight is 374 g/mol. The van der Waals surface area contributed by atoms with Gasteiger partial charge in [-0.1, -0.05) is 6.92 Å². The van der Waals surface area contributed by atoms with Gasteiger partial charge in [-0.05, 0) is 18.3 Å². The van der Waals surface area contributed by atoms with E-state index in [0.717, 1.165) is 0 Å². The molecule has 0 bridgehead atoms. The zero-order chi connectivity index (χ0) is 20.1. The highest BCUT2D eigenvalue weighted by molar-refractivity contribution is 5.71. The van der Waals surface area contributed by atoms with Crippen molar-refractivity contribution in [3.63, 3.8) is 0 Å². The molecule has 0 aliphatic carbocycles. The Labute approximate surface area is 151 Å². The average Bonchev–Trinajstić information content (AvgIpc) is 2.53. The molecular weight excluding hydrogens is 348 g/mol. The molecule has 148 valence electrons. The minimum Gasteiger partial charge on any atom is -0.481 e. The number of carboxylic acids is 4. The van der Waals surface area contributed by atoms with Crippen LogP contribution in [0, 0.1) is 11.3 Å². The number of hydrogen-bond acceptors (Lipinski definition) is 6. The molecule has 0 aromatic rings. The van der Waals surface area contributed by atoms with Crippen LogP contribution >= 0.6 is 0 Å². The maximum Gasteiger partial charge on any atom is 0.317 e. The van der Waals surface area contributed by atoms with E-state index in [0.29, 0.717) is 6.54 Å². The number of aliphatic carboxylic acids is 4. The number of nitrogens with zero attached hydrogens (tertiary/aromatic N) is 2. The zero-order valence-corrected chi connectivity index (χ0v) is 14.9. The minimum absolute atomic E-state index is 0.168. The second-order valence-corrected chi connectivity index (χ2v) is 7.26. The Kier molecular flexibility index (Phi) is 7.52. The van der Waals surface area contributed by atoms with Crippen molar-refractivity contribution in [2.45, 2.75) is 32.7 Å². The van der Waals surface area contributed by atoms with E-state index in [2.05, 4.69) is 0 Å². The van der Waals surface area contributed by atoms with Gasteiger partial charge in [-0.2, -0.15) is 0 Å². The summed E-state index contributed by atoms with van der Waals surface area (Å²) in [5.74, 6) is -5.18. The standard InChI is InChI=1S/C16H26N2O8/c1-10-5-17(6-14(23)24)8-16(2,9-18(10)7-15(25)26)11(3-12(19)20)4-13(21)22/h10-11H,3-9H2,1-2H3,(H,19,20)(H,21,22)(H,23,24)(H,25,26). The van der Waals surface area contributed by atoms with Crippen molar-refractivity contribution in [1.29, 1.82) is 0 Å². The fraction of sp³-hybridized carbons (Fsp3) is 0.750. The van der Waals surface area contributed by atoms with Gasteiger partial charge < -0.3 is 20.4 Å². The van der Waals surface area contributed by atoms with E-state index in [1.54, 1.807) is 23.6 Å². The predicted octanol–water partition coefficient (Wildman–Crippen LogP) is -0.266. The Balaban J connectivity index is 3.23. The Morgan fingerprint density at radius 1 is 0.923 bits per heavy atom. The van der Waals surface area contributed by atoms with Crippen molar-refractivity contribution >= 4 is 23.9 Å². The second kappa shape index (κ2) is 8.95. The van der Waals surface area contributed by atoms with E-state index >= 15 is 0 Å². The lowest BCUT2D eigenvalue weighted by molar-refractivity contribution is -0.145. The van der Waals surface area contributed by atoms with Crippen LogP contribution in [0.1, 0.15) is 26.7 Å². The molecule has 0 radical (unpaired) electrons. The van der Waals surface area contributed by atoms with Gasteiger partial charge in [0.05, 0.1) is 13.1 Å². The first kappa shape index (κ1) is 21.8. The molecule has 1 heterocycles. The van der Waals surface area contributed by atoms with Gasteiger partial charge in [0.15, 0.2) is 0 Å². The van der Waals surface area contributed by atoms with Crippen molar-refractivity contribution in [3.8, 4) is 0 Å². The van der Waals surface area contributed by atoms with Gasteiger partial charge in [-0.25, -0.2) is 0 Å². The molecular formula is C16H26N2O8. The highest BCUT2D eigenvalue weighted by Gasteiger charge is 2.43. The summed E-state index contributed by atoms with van der Waals surface area (Å²) in [6, 6.07) is -0.275. The van der Waals surface area contributed by atoms with Gasteiger partial charge in [0.1, 0.15) is 0 Å². The van der Waals surface area contributed by atoms with Gasteiger partial charge in [0.2, 0.25) is 0 Å². The number of rotatable bonds is 9. The molecule has 0 saturated carbocycles. The summed E-state index contributed by atoms with van der Waals surface area (Å²) in [6.07, 6.45) is -0.780. The van der Waals surface area contributed by atoms with Crippen molar-refractivity contribution in [2.75, 3.05) is 32.7 Å². The van der Waals surface area contributed by atoms with Crippen LogP contribution in [-0.2, 0) is 19.2 Å². The molecule has 1 saturated heterocycles. The van der Waals surface area contributed by atoms with Crippen molar-refractivity contribution in [1.82, 2.24) is 9.80 Å². The Bertz CT molecular complexity index is 550. The summed E-state index contributed by atoms with van der Waals surface area (Å²) < 4.78 is 0. The van der Waals surface area contributed by atoms with Crippen LogP contribution < -0.4 is 0 Å². The lowest BCUT2D eigenvalue weighted by Crippen LogP contribution is -2.47.